The Balaban J connectivity index is 1.73. The summed E-state index contributed by atoms with van der Waals surface area (Å²) in [5, 5.41) is 10.5. The van der Waals surface area contributed by atoms with Crippen LogP contribution in [0.25, 0.3) is 22.1 Å². The van der Waals surface area contributed by atoms with Crippen molar-refractivity contribution >= 4 is 38.4 Å². The normalized spacial score (nSPS) is 19.6. The van der Waals surface area contributed by atoms with E-state index in [4.69, 9.17) is 0 Å². The highest BCUT2D eigenvalue weighted by Gasteiger charge is 2.30. The van der Waals surface area contributed by atoms with Crippen LogP contribution in [-0.2, 0) is 21.4 Å². The van der Waals surface area contributed by atoms with Gasteiger partial charge in [0.1, 0.15) is 24.2 Å². The average Bonchev–Trinajstić information content (AvgIpc) is 3.49. The lowest BCUT2D eigenvalue weighted by Crippen LogP contribution is -2.12. The summed E-state index contributed by atoms with van der Waals surface area (Å²) in [6.07, 6.45) is 6.28. The van der Waals surface area contributed by atoms with Gasteiger partial charge in [-0.15, -0.1) is 0 Å². The van der Waals surface area contributed by atoms with Crippen LogP contribution in [0.5, 0.6) is 0 Å². The van der Waals surface area contributed by atoms with Crippen LogP contribution in [0.4, 0.5) is 0 Å². The Morgan fingerprint density at radius 2 is 1.97 bits per heavy atom. The third-order valence-electron chi connectivity index (χ3n) is 5.85. The van der Waals surface area contributed by atoms with Gasteiger partial charge < -0.3 is 14.5 Å². The predicted octanol–water partition coefficient (Wildman–Crippen LogP) is 2.66. The fourth-order valence-electron chi connectivity index (χ4n) is 4.45. The van der Waals surface area contributed by atoms with Crippen LogP contribution >= 0.6 is 0 Å². The molecule has 30 heavy (non-hydrogen) atoms. The molecular formula is C21H20N4O4S. The van der Waals surface area contributed by atoms with E-state index in [0.29, 0.717) is 28.8 Å². The number of nitrogens with zero attached hydrogens (tertiary/aromatic N) is 4. The lowest BCUT2D eigenvalue weighted by molar-refractivity contribution is -0.110. The summed E-state index contributed by atoms with van der Waals surface area (Å²) in [4.78, 5) is 20.3. The maximum atomic E-state index is 13.2. The number of benzene rings is 1. The topological polar surface area (TPSA) is 107 Å². The van der Waals surface area contributed by atoms with Crippen molar-refractivity contribution in [3.05, 3.63) is 54.6 Å². The van der Waals surface area contributed by atoms with Gasteiger partial charge in [0, 0.05) is 23.5 Å². The zero-order valence-electron chi connectivity index (χ0n) is 16.0. The number of aromatic nitrogens is 4. The van der Waals surface area contributed by atoms with E-state index in [-0.39, 0.29) is 23.5 Å². The zero-order chi connectivity index (χ0) is 20.9. The monoisotopic (exact) mass is 424 g/mol. The third kappa shape index (κ3) is 2.77. The van der Waals surface area contributed by atoms with Gasteiger partial charge in [-0.3, -0.25) is 0 Å². The molecule has 0 amide bonds. The molecule has 1 saturated carbocycles. The van der Waals surface area contributed by atoms with E-state index in [0.717, 1.165) is 24.6 Å². The number of hydrogen-bond donors (Lipinski definition) is 1. The molecule has 0 bridgehead atoms. The van der Waals surface area contributed by atoms with Crippen molar-refractivity contribution in [2.24, 2.45) is 5.92 Å². The number of aliphatic hydroxyl groups is 1. The van der Waals surface area contributed by atoms with Gasteiger partial charge in [0.15, 0.2) is 5.65 Å². The van der Waals surface area contributed by atoms with Gasteiger partial charge in [-0.25, -0.2) is 22.4 Å². The molecule has 0 saturated heterocycles. The quantitative estimate of drug-likeness (QED) is 0.494. The van der Waals surface area contributed by atoms with Crippen molar-refractivity contribution in [3.63, 3.8) is 0 Å². The third-order valence-corrected chi connectivity index (χ3v) is 7.53. The van der Waals surface area contributed by atoms with E-state index in [1.807, 2.05) is 4.57 Å². The van der Waals surface area contributed by atoms with Crippen molar-refractivity contribution in [1.29, 1.82) is 0 Å². The molecule has 4 aromatic rings. The molecule has 1 aliphatic rings. The first-order valence-electron chi connectivity index (χ1n) is 9.78. The molecule has 1 N–H and O–H groups in total. The lowest BCUT2D eigenvalue weighted by Gasteiger charge is -2.16. The number of fused-ring (bicyclic) bond motifs is 3. The average molecular weight is 424 g/mol. The van der Waals surface area contributed by atoms with E-state index in [2.05, 4.69) is 9.97 Å². The predicted molar refractivity (Wildman–Crippen MR) is 110 cm³/mol. The highest BCUT2D eigenvalue weighted by molar-refractivity contribution is 7.90. The summed E-state index contributed by atoms with van der Waals surface area (Å²) in [7, 11) is -3.81. The van der Waals surface area contributed by atoms with Crippen LogP contribution in [0.1, 0.15) is 31.1 Å². The molecular weight excluding hydrogens is 404 g/mol. The van der Waals surface area contributed by atoms with Crippen LogP contribution in [0.15, 0.2) is 53.7 Å². The molecule has 2 unspecified atom stereocenters. The van der Waals surface area contributed by atoms with Gasteiger partial charge in [0.05, 0.1) is 16.6 Å². The fourth-order valence-corrected chi connectivity index (χ4v) is 5.77. The molecule has 9 heteroatoms. The molecule has 1 fully saturated rings. The van der Waals surface area contributed by atoms with E-state index >= 15 is 0 Å². The first-order chi connectivity index (χ1) is 14.5. The number of imidazole rings is 1. The molecule has 0 spiro atoms. The Bertz CT molecular complexity index is 1360. The summed E-state index contributed by atoms with van der Waals surface area (Å²) in [5.74, 6) is 0.480. The van der Waals surface area contributed by atoms with Crippen LogP contribution in [-0.4, -0.2) is 38.3 Å². The summed E-state index contributed by atoms with van der Waals surface area (Å²) in [5.41, 5.74) is 1.64. The van der Waals surface area contributed by atoms with Gasteiger partial charge in [-0.05, 0) is 37.5 Å². The van der Waals surface area contributed by atoms with E-state index in [1.165, 1.54) is 16.4 Å². The first kappa shape index (κ1) is 19.0. The highest BCUT2D eigenvalue weighted by atomic mass is 32.2. The van der Waals surface area contributed by atoms with Crippen LogP contribution < -0.4 is 0 Å². The van der Waals surface area contributed by atoms with Gasteiger partial charge >= 0.3 is 0 Å². The standard InChI is InChI=1S/C21H20N4O4S/c26-12-14-6-7-15(10-14)25-19(13-27)23-18-11-22-21-17(20(18)25)8-9-24(21)30(28,29)16-4-2-1-3-5-16/h1-5,8-9,11-12,14-15,27H,6-7,10,13H2. The molecule has 5 rings (SSSR count). The zero-order valence-corrected chi connectivity index (χ0v) is 16.9. The second kappa shape index (κ2) is 7.03. The SMILES string of the molecule is O=CC1CCC(n2c(CO)nc3cnc4c(ccn4S(=O)(=O)c4ccccc4)c32)C1. The van der Waals surface area contributed by atoms with Crippen molar-refractivity contribution < 1.29 is 18.3 Å². The molecule has 3 aromatic heterocycles. The number of hydrogen-bond acceptors (Lipinski definition) is 6. The van der Waals surface area contributed by atoms with E-state index in [9.17, 15) is 18.3 Å². The summed E-state index contributed by atoms with van der Waals surface area (Å²) in [6.45, 7) is -0.249. The molecule has 2 atom stereocenters. The Kier molecular flexibility index (Phi) is 4.44. The fraction of sp³-hybridized carbons (Fsp3) is 0.286. The minimum absolute atomic E-state index is 0.0145. The molecule has 0 radical (unpaired) electrons. The van der Waals surface area contributed by atoms with Crippen molar-refractivity contribution in [2.75, 3.05) is 0 Å². The number of aliphatic hydroxyl groups excluding tert-OH is 1. The van der Waals surface area contributed by atoms with Gasteiger partial charge in [0.25, 0.3) is 10.0 Å². The Morgan fingerprint density at radius 1 is 1.17 bits per heavy atom. The van der Waals surface area contributed by atoms with Gasteiger partial charge in [-0.1, -0.05) is 18.2 Å². The number of pyridine rings is 1. The number of carbonyl (C=O) groups excluding carboxylic acids is 1. The van der Waals surface area contributed by atoms with Crippen LogP contribution in [0, 0.1) is 5.92 Å². The smallest absolute Gasteiger partial charge is 0.269 e. The van der Waals surface area contributed by atoms with Crippen LogP contribution in [0.3, 0.4) is 0 Å². The Hall–Kier alpha value is -3.04. The molecule has 1 aromatic carbocycles. The lowest BCUT2D eigenvalue weighted by atomic mass is 10.1. The summed E-state index contributed by atoms with van der Waals surface area (Å²) < 4.78 is 29.4. The number of aldehydes is 1. The summed E-state index contributed by atoms with van der Waals surface area (Å²) in [6, 6.07) is 9.95. The van der Waals surface area contributed by atoms with Crippen LogP contribution in [0.2, 0.25) is 0 Å². The van der Waals surface area contributed by atoms with Crippen molar-refractivity contribution in [1.82, 2.24) is 18.5 Å². The second-order valence-electron chi connectivity index (χ2n) is 7.58. The Morgan fingerprint density at radius 3 is 2.67 bits per heavy atom. The maximum Gasteiger partial charge on any atom is 0.269 e. The van der Waals surface area contributed by atoms with Gasteiger partial charge in [0.2, 0.25) is 0 Å². The second-order valence-corrected chi connectivity index (χ2v) is 9.39. The van der Waals surface area contributed by atoms with Crippen molar-refractivity contribution in [2.45, 2.75) is 36.8 Å². The van der Waals surface area contributed by atoms with Crippen molar-refractivity contribution in [3.8, 4) is 0 Å². The minimum atomic E-state index is -3.81. The first-order valence-corrected chi connectivity index (χ1v) is 11.2. The van der Waals surface area contributed by atoms with E-state index < -0.39 is 10.0 Å². The largest absolute Gasteiger partial charge is 0.388 e. The minimum Gasteiger partial charge on any atom is -0.388 e. The highest BCUT2D eigenvalue weighted by Crippen LogP contribution is 2.38. The maximum absolute atomic E-state index is 13.2. The molecule has 1 aliphatic carbocycles. The molecule has 8 nitrogen and oxygen atoms in total. The molecule has 0 aliphatic heterocycles. The molecule has 3 heterocycles. The number of carbonyl (C=O) groups is 1. The van der Waals surface area contributed by atoms with E-state index in [1.54, 1.807) is 36.4 Å². The summed E-state index contributed by atoms with van der Waals surface area (Å²) >= 11 is 0. The number of rotatable bonds is 5. The molecule has 154 valence electrons. The van der Waals surface area contributed by atoms with Gasteiger partial charge in [-0.2, -0.15) is 0 Å². The Labute approximate surface area is 172 Å².